The standard InChI is InChI=1S/C26H23ClFN3O2/c1-33-25-11-9-20(17-19(25)8-10-21-5-2-3-12-29-21)26(32)31-15-13-30(14-16-31)18-22-23(27)6-4-7-24(22)28/h2-7,9,11-12,17H,13-16,18H2,1H3. The Bertz CT molecular complexity index is 1180. The maximum Gasteiger partial charge on any atom is 0.253 e. The smallest absolute Gasteiger partial charge is 0.253 e. The van der Waals surface area contributed by atoms with E-state index in [0.717, 1.165) is 0 Å². The lowest BCUT2D eigenvalue weighted by Crippen LogP contribution is -2.48. The minimum atomic E-state index is -0.307. The van der Waals surface area contributed by atoms with Crippen LogP contribution in [0.15, 0.2) is 60.8 Å². The molecule has 1 amide bonds. The van der Waals surface area contributed by atoms with Gasteiger partial charge in [-0.25, -0.2) is 9.37 Å². The molecule has 7 heteroatoms. The van der Waals surface area contributed by atoms with Crippen molar-refractivity contribution >= 4 is 17.5 Å². The molecule has 3 aromatic rings. The van der Waals surface area contributed by atoms with Crippen molar-refractivity contribution in [2.75, 3.05) is 33.3 Å². The molecule has 1 fully saturated rings. The predicted octanol–water partition coefficient (Wildman–Crippen LogP) is 4.24. The molecule has 4 rings (SSSR count). The molecule has 1 aromatic heterocycles. The number of hydrogen-bond donors (Lipinski definition) is 0. The topological polar surface area (TPSA) is 45.7 Å². The fourth-order valence-electron chi connectivity index (χ4n) is 3.71. The normalized spacial score (nSPS) is 13.8. The molecule has 5 nitrogen and oxygen atoms in total. The number of rotatable bonds is 4. The molecular formula is C26H23ClFN3O2. The molecule has 1 aliphatic rings. The molecule has 1 aliphatic heterocycles. The second-order valence-corrected chi connectivity index (χ2v) is 8.06. The zero-order valence-electron chi connectivity index (χ0n) is 18.2. The van der Waals surface area contributed by atoms with E-state index in [-0.39, 0.29) is 11.7 Å². The van der Waals surface area contributed by atoms with Gasteiger partial charge in [0.15, 0.2) is 0 Å². The molecule has 0 N–H and O–H groups in total. The van der Waals surface area contributed by atoms with E-state index in [1.165, 1.54) is 6.07 Å². The Morgan fingerprint density at radius 3 is 2.61 bits per heavy atom. The molecule has 168 valence electrons. The summed E-state index contributed by atoms with van der Waals surface area (Å²) in [6.07, 6.45) is 1.68. The number of piperazine rings is 1. The summed E-state index contributed by atoms with van der Waals surface area (Å²) in [5.41, 5.74) is 2.31. The van der Waals surface area contributed by atoms with Gasteiger partial charge in [0.2, 0.25) is 0 Å². The van der Waals surface area contributed by atoms with Gasteiger partial charge in [-0.1, -0.05) is 29.7 Å². The summed E-state index contributed by atoms with van der Waals surface area (Å²) in [7, 11) is 1.57. The predicted molar refractivity (Wildman–Crippen MR) is 126 cm³/mol. The summed E-state index contributed by atoms with van der Waals surface area (Å²) in [5.74, 6) is 6.29. The Labute approximate surface area is 197 Å². The second kappa shape index (κ2) is 10.5. The quantitative estimate of drug-likeness (QED) is 0.543. The van der Waals surface area contributed by atoms with E-state index in [2.05, 4.69) is 21.7 Å². The molecule has 2 aromatic carbocycles. The van der Waals surface area contributed by atoms with Gasteiger partial charge >= 0.3 is 0 Å². The lowest BCUT2D eigenvalue weighted by Gasteiger charge is -2.35. The van der Waals surface area contributed by atoms with Crippen molar-refractivity contribution in [3.63, 3.8) is 0 Å². The highest BCUT2D eigenvalue weighted by Crippen LogP contribution is 2.23. The fraction of sp³-hybridized carbons (Fsp3) is 0.231. The maximum absolute atomic E-state index is 14.1. The van der Waals surface area contributed by atoms with Crippen molar-refractivity contribution in [2.24, 2.45) is 0 Å². The number of nitrogens with zero attached hydrogens (tertiary/aromatic N) is 3. The average Bonchev–Trinajstić information content (AvgIpc) is 2.85. The monoisotopic (exact) mass is 463 g/mol. The van der Waals surface area contributed by atoms with E-state index in [9.17, 15) is 9.18 Å². The molecule has 0 spiro atoms. The fourth-order valence-corrected chi connectivity index (χ4v) is 3.93. The third kappa shape index (κ3) is 5.51. The third-order valence-corrected chi connectivity index (χ3v) is 5.89. The molecule has 0 atom stereocenters. The van der Waals surface area contributed by atoms with Crippen LogP contribution < -0.4 is 4.74 Å². The van der Waals surface area contributed by atoms with Crippen molar-refractivity contribution < 1.29 is 13.9 Å². The molecule has 0 radical (unpaired) electrons. The first-order valence-electron chi connectivity index (χ1n) is 10.6. The first-order chi connectivity index (χ1) is 16.0. The molecule has 0 aliphatic carbocycles. The average molecular weight is 464 g/mol. The van der Waals surface area contributed by atoms with Crippen LogP contribution >= 0.6 is 11.6 Å². The molecule has 0 saturated carbocycles. The van der Waals surface area contributed by atoms with Crippen molar-refractivity contribution in [3.8, 4) is 17.6 Å². The minimum Gasteiger partial charge on any atom is -0.495 e. The number of aromatic nitrogens is 1. The Morgan fingerprint density at radius 2 is 1.91 bits per heavy atom. The van der Waals surface area contributed by atoms with Crippen LogP contribution in [0.2, 0.25) is 5.02 Å². The van der Waals surface area contributed by atoms with E-state index in [4.69, 9.17) is 16.3 Å². The number of benzene rings is 2. The molecule has 1 saturated heterocycles. The SMILES string of the molecule is COc1ccc(C(=O)N2CCN(Cc3c(F)cccc3Cl)CC2)cc1C#Cc1ccccn1. The Hall–Kier alpha value is -3.40. The summed E-state index contributed by atoms with van der Waals surface area (Å²) >= 11 is 6.16. The molecular weight excluding hydrogens is 441 g/mol. The Balaban J connectivity index is 1.44. The minimum absolute atomic E-state index is 0.0675. The highest BCUT2D eigenvalue weighted by atomic mass is 35.5. The van der Waals surface area contributed by atoms with Gasteiger partial charge in [0.05, 0.1) is 12.7 Å². The number of pyridine rings is 1. The van der Waals surface area contributed by atoms with Crippen LogP contribution in [0.25, 0.3) is 0 Å². The van der Waals surface area contributed by atoms with Crippen molar-refractivity contribution in [1.29, 1.82) is 0 Å². The van der Waals surface area contributed by atoms with E-state index >= 15 is 0 Å². The van der Waals surface area contributed by atoms with Crippen LogP contribution in [0.3, 0.4) is 0 Å². The highest BCUT2D eigenvalue weighted by molar-refractivity contribution is 6.31. The number of carbonyl (C=O) groups is 1. The van der Waals surface area contributed by atoms with Crippen LogP contribution in [0.4, 0.5) is 4.39 Å². The Morgan fingerprint density at radius 1 is 1.09 bits per heavy atom. The lowest BCUT2D eigenvalue weighted by molar-refractivity contribution is 0.0627. The van der Waals surface area contributed by atoms with Crippen LogP contribution in [0.5, 0.6) is 5.75 Å². The van der Waals surface area contributed by atoms with Crippen molar-refractivity contribution in [2.45, 2.75) is 6.54 Å². The second-order valence-electron chi connectivity index (χ2n) is 7.65. The summed E-state index contributed by atoms with van der Waals surface area (Å²) in [5, 5.41) is 0.422. The third-order valence-electron chi connectivity index (χ3n) is 5.54. The van der Waals surface area contributed by atoms with Gasteiger partial charge in [0, 0.05) is 55.1 Å². The van der Waals surface area contributed by atoms with E-state index in [1.54, 1.807) is 48.5 Å². The van der Waals surface area contributed by atoms with E-state index in [1.807, 2.05) is 18.2 Å². The van der Waals surface area contributed by atoms with Crippen LogP contribution in [0, 0.1) is 17.7 Å². The highest BCUT2D eigenvalue weighted by Gasteiger charge is 2.24. The van der Waals surface area contributed by atoms with Gasteiger partial charge in [0.25, 0.3) is 5.91 Å². The van der Waals surface area contributed by atoms with Gasteiger partial charge in [-0.05, 0) is 48.4 Å². The van der Waals surface area contributed by atoms with Crippen molar-refractivity contribution in [1.82, 2.24) is 14.8 Å². The number of methoxy groups -OCH3 is 1. The zero-order chi connectivity index (χ0) is 23.2. The summed E-state index contributed by atoms with van der Waals surface area (Å²) in [6.45, 7) is 2.79. The number of hydrogen-bond acceptors (Lipinski definition) is 4. The van der Waals surface area contributed by atoms with Gasteiger partial charge in [-0.15, -0.1) is 0 Å². The summed E-state index contributed by atoms with van der Waals surface area (Å²) in [4.78, 5) is 21.2. The molecule has 2 heterocycles. The first-order valence-corrected chi connectivity index (χ1v) is 11.0. The Kier molecular flexibility index (Phi) is 7.23. The van der Waals surface area contributed by atoms with Gasteiger partial charge in [-0.3, -0.25) is 9.69 Å². The van der Waals surface area contributed by atoms with Gasteiger partial charge in [-0.2, -0.15) is 0 Å². The molecule has 0 bridgehead atoms. The molecule has 0 unspecified atom stereocenters. The first kappa shape index (κ1) is 22.8. The number of amides is 1. The summed E-state index contributed by atoms with van der Waals surface area (Å²) < 4.78 is 19.5. The number of ether oxygens (including phenoxy) is 1. The van der Waals surface area contributed by atoms with Crippen LogP contribution in [-0.4, -0.2) is 54.0 Å². The van der Waals surface area contributed by atoms with Crippen molar-refractivity contribution in [3.05, 3.63) is 94.0 Å². The number of carbonyl (C=O) groups excluding carboxylic acids is 1. The molecule has 33 heavy (non-hydrogen) atoms. The van der Waals surface area contributed by atoms with E-state index < -0.39 is 0 Å². The van der Waals surface area contributed by atoms with Gasteiger partial charge < -0.3 is 9.64 Å². The maximum atomic E-state index is 14.1. The van der Waals surface area contributed by atoms with Crippen LogP contribution in [-0.2, 0) is 6.54 Å². The lowest BCUT2D eigenvalue weighted by atomic mass is 10.1. The summed E-state index contributed by atoms with van der Waals surface area (Å²) in [6, 6.07) is 15.5. The largest absolute Gasteiger partial charge is 0.495 e. The van der Waals surface area contributed by atoms with E-state index in [0.29, 0.717) is 65.9 Å². The van der Waals surface area contributed by atoms with Crippen LogP contribution in [0.1, 0.15) is 27.2 Å². The number of halogens is 2. The zero-order valence-corrected chi connectivity index (χ0v) is 19.0. The van der Waals surface area contributed by atoms with Gasteiger partial charge in [0.1, 0.15) is 17.3 Å².